The molecule has 0 saturated heterocycles. The number of nitrogens with one attached hydrogen (secondary N) is 1. The molecule has 1 N–H and O–H groups in total. The topological polar surface area (TPSA) is 27.7 Å². The Labute approximate surface area is 127 Å². The van der Waals surface area contributed by atoms with Crippen molar-refractivity contribution in [2.45, 2.75) is 6.54 Å². The van der Waals surface area contributed by atoms with E-state index in [1.165, 1.54) is 5.69 Å². The van der Waals surface area contributed by atoms with E-state index >= 15 is 0 Å². The van der Waals surface area contributed by atoms with E-state index in [9.17, 15) is 0 Å². The third-order valence-electron chi connectivity index (χ3n) is 3.17. The highest BCUT2D eigenvalue weighted by Gasteiger charge is 2.10. The van der Waals surface area contributed by atoms with Crippen molar-refractivity contribution in [2.75, 3.05) is 59.4 Å². The summed E-state index contributed by atoms with van der Waals surface area (Å²) in [6.45, 7) is 4.27. The molecule has 0 amide bonds. The van der Waals surface area contributed by atoms with Crippen LogP contribution < -0.4 is 10.2 Å². The number of anilines is 1. The van der Waals surface area contributed by atoms with Crippen molar-refractivity contribution in [3.05, 3.63) is 28.8 Å². The second-order valence-corrected chi connectivity index (χ2v) is 5.54. The van der Waals surface area contributed by atoms with Gasteiger partial charge in [-0.15, -0.1) is 0 Å². The molecule has 0 bridgehead atoms. The lowest BCUT2D eigenvalue weighted by atomic mass is 10.1. The minimum Gasteiger partial charge on any atom is -0.383 e. The SMILES string of the molecule is COCCNCc1c(Cl)cccc1N(C)CCN(C)C. The smallest absolute Gasteiger partial charge is 0.0587 e. The molecule has 0 unspecified atom stereocenters. The molecular weight excluding hydrogens is 274 g/mol. The molecule has 114 valence electrons. The Bertz CT molecular complexity index is 399. The zero-order chi connectivity index (χ0) is 15.0. The fourth-order valence-corrected chi connectivity index (χ4v) is 2.17. The van der Waals surface area contributed by atoms with Gasteiger partial charge in [0.2, 0.25) is 0 Å². The maximum absolute atomic E-state index is 6.34. The molecule has 0 atom stereocenters. The molecule has 0 heterocycles. The van der Waals surface area contributed by atoms with Crippen LogP contribution in [0.4, 0.5) is 5.69 Å². The fraction of sp³-hybridized carbons (Fsp3) is 0.600. The standard InChI is InChI=1S/C15H26ClN3O/c1-18(2)9-10-19(3)15-7-5-6-14(16)13(15)12-17-8-11-20-4/h5-7,17H,8-12H2,1-4H3. The summed E-state index contributed by atoms with van der Waals surface area (Å²) in [5.41, 5.74) is 2.33. The Hall–Kier alpha value is -0.810. The molecule has 1 aromatic carbocycles. The molecule has 1 aromatic rings. The lowest BCUT2D eigenvalue weighted by Crippen LogP contribution is -2.30. The van der Waals surface area contributed by atoms with Gasteiger partial charge in [-0.2, -0.15) is 0 Å². The van der Waals surface area contributed by atoms with E-state index in [0.717, 1.165) is 36.8 Å². The average molecular weight is 300 g/mol. The van der Waals surface area contributed by atoms with E-state index in [0.29, 0.717) is 6.61 Å². The van der Waals surface area contributed by atoms with Gasteiger partial charge in [0, 0.05) is 56.6 Å². The van der Waals surface area contributed by atoms with Gasteiger partial charge in [0.1, 0.15) is 0 Å². The van der Waals surface area contributed by atoms with E-state index in [1.54, 1.807) is 7.11 Å². The summed E-state index contributed by atoms with van der Waals surface area (Å²) in [7, 11) is 7.98. The van der Waals surface area contributed by atoms with Gasteiger partial charge in [0.15, 0.2) is 0 Å². The van der Waals surface area contributed by atoms with Crippen LogP contribution in [0.1, 0.15) is 5.56 Å². The van der Waals surface area contributed by atoms with Crippen LogP contribution in [-0.2, 0) is 11.3 Å². The molecular formula is C15H26ClN3O. The molecule has 0 aliphatic carbocycles. The lowest BCUT2D eigenvalue weighted by Gasteiger charge is -2.25. The summed E-state index contributed by atoms with van der Waals surface area (Å²) < 4.78 is 5.04. The largest absolute Gasteiger partial charge is 0.383 e. The second kappa shape index (κ2) is 9.19. The van der Waals surface area contributed by atoms with Gasteiger partial charge in [-0.05, 0) is 26.2 Å². The first kappa shape index (κ1) is 17.2. The molecule has 0 saturated carbocycles. The molecule has 5 heteroatoms. The quantitative estimate of drug-likeness (QED) is 0.707. The van der Waals surface area contributed by atoms with E-state index in [-0.39, 0.29) is 0 Å². The van der Waals surface area contributed by atoms with Gasteiger partial charge in [-0.3, -0.25) is 0 Å². The van der Waals surface area contributed by atoms with Crippen molar-refractivity contribution in [2.24, 2.45) is 0 Å². The van der Waals surface area contributed by atoms with Crippen LogP contribution in [0, 0.1) is 0 Å². The van der Waals surface area contributed by atoms with Crippen molar-refractivity contribution in [3.63, 3.8) is 0 Å². The van der Waals surface area contributed by atoms with Crippen molar-refractivity contribution in [1.82, 2.24) is 10.2 Å². The fourth-order valence-electron chi connectivity index (χ4n) is 1.94. The number of methoxy groups -OCH3 is 1. The Balaban J connectivity index is 2.71. The summed E-state index contributed by atoms with van der Waals surface area (Å²) in [5.74, 6) is 0. The number of halogens is 1. The monoisotopic (exact) mass is 299 g/mol. The summed E-state index contributed by atoms with van der Waals surface area (Å²) in [4.78, 5) is 4.43. The molecule has 4 nitrogen and oxygen atoms in total. The van der Waals surface area contributed by atoms with Crippen LogP contribution in [-0.4, -0.2) is 59.4 Å². The minimum atomic E-state index is 0.705. The molecule has 0 radical (unpaired) electrons. The Kier molecular flexibility index (Phi) is 7.92. The van der Waals surface area contributed by atoms with Crippen molar-refractivity contribution in [1.29, 1.82) is 0 Å². The average Bonchev–Trinajstić information content (AvgIpc) is 2.42. The third-order valence-corrected chi connectivity index (χ3v) is 3.53. The third kappa shape index (κ3) is 5.67. The first-order valence-corrected chi connectivity index (χ1v) is 7.27. The number of hydrogen-bond donors (Lipinski definition) is 1. The first-order chi connectivity index (χ1) is 9.56. The lowest BCUT2D eigenvalue weighted by molar-refractivity contribution is 0.199. The van der Waals surface area contributed by atoms with Gasteiger partial charge in [0.05, 0.1) is 6.61 Å². The molecule has 0 aliphatic rings. The summed E-state index contributed by atoms with van der Waals surface area (Å²) in [6.07, 6.45) is 0. The maximum Gasteiger partial charge on any atom is 0.0587 e. The van der Waals surface area contributed by atoms with Crippen molar-refractivity contribution < 1.29 is 4.74 Å². The van der Waals surface area contributed by atoms with Crippen LogP contribution in [0.2, 0.25) is 5.02 Å². The molecule has 20 heavy (non-hydrogen) atoms. The predicted molar refractivity (Wildman–Crippen MR) is 86.9 cm³/mol. The van der Waals surface area contributed by atoms with Crippen LogP contribution >= 0.6 is 11.6 Å². The molecule has 0 aromatic heterocycles. The highest BCUT2D eigenvalue weighted by molar-refractivity contribution is 6.31. The van der Waals surface area contributed by atoms with Crippen molar-refractivity contribution >= 4 is 17.3 Å². The van der Waals surface area contributed by atoms with Gasteiger partial charge in [0.25, 0.3) is 0 Å². The summed E-state index contributed by atoms with van der Waals surface area (Å²) in [5, 5.41) is 4.17. The number of hydrogen-bond acceptors (Lipinski definition) is 4. The molecule has 0 aliphatic heterocycles. The molecule has 0 spiro atoms. The zero-order valence-corrected chi connectivity index (χ0v) is 13.7. The normalized spacial score (nSPS) is 11.1. The summed E-state index contributed by atoms with van der Waals surface area (Å²) in [6, 6.07) is 6.07. The first-order valence-electron chi connectivity index (χ1n) is 6.89. The summed E-state index contributed by atoms with van der Waals surface area (Å²) >= 11 is 6.34. The van der Waals surface area contributed by atoms with E-state index in [1.807, 2.05) is 12.1 Å². The van der Waals surface area contributed by atoms with Crippen LogP contribution in [0.3, 0.4) is 0 Å². The van der Waals surface area contributed by atoms with E-state index in [4.69, 9.17) is 16.3 Å². The second-order valence-electron chi connectivity index (χ2n) is 5.13. The number of benzene rings is 1. The highest BCUT2D eigenvalue weighted by Crippen LogP contribution is 2.26. The van der Waals surface area contributed by atoms with Gasteiger partial charge in [-0.1, -0.05) is 17.7 Å². The number of likely N-dealkylation sites (N-methyl/N-ethyl adjacent to an activating group) is 2. The Morgan fingerprint density at radius 3 is 2.60 bits per heavy atom. The number of rotatable bonds is 9. The maximum atomic E-state index is 6.34. The minimum absolute atomic E-state index is 0.705. The van der Waals surface area contributed by atoms with Crippen molar-refractivity contribution in [3.8, 4) is 0 Å². The van der Waals surface area contributed by atoms with Gasteiger partial charge < -0.3 is 19.9 Å². The predicted octanol–water partition coefficient (Wildman–Crippen LogP) is 2.07. The Morgan fingerprint density at radius 2 is 1.95 bits per heavy atom. The number of nitrogens with zero attached hydrogens (tertiary/aromatic N) is 2. The molecule has 1 rings (SSSR count). The van der Waals surface area contributed by atoms with Crippen LogP contribution in [0.25, 0.3) is 0 Å². The Morgan fingerprint density at radius 1 is 1.20 bits per heavy atom. The van der Waals surface area contributed by atoms with Gasteiger partial charge in [-0.25, -0.2) is 0 Å². The van der Waals surface area contributed by atoms with Gasteiger partial charge >= 0.3 is 0 Å². The zero-order valence-electron chi connectivity index (χ0n) is 12.9. The van der Waals surface area contributed by atoms with E-state index < -0.39 is 0 Å². The van der Waals surface area contributed by atoms with E-state index in [2.05, 4.69) is 42.3 Å². The molecule has 0 fully saturated rings. The highest BCUT2D eigenvalue weighted by atomic mass is 35.5. The number of ether oxygens (including phenoxy) is 1. The van der Waals surface area contributed by atoms with Crippen LogP contribution in [0.5, 0.6) is 0 Å². The van der Waals surface area contributed by atoms with Crippen LogP contribution in [0.15, 0.2) is 18.2 Å².